The third-order valence-corrected chi connectivity index (χ3v) is 3.17. The van der Waals surface area contributed by atoms with E-state index in [1.807, 2.05) is 30.5 Å². The van der Waals surface area contributed by atoms with Crippen LogP contribution in [0.5, 0.6) is 0 Å². The summed E-state index contributed by atoms with van der Waals surface area (Å²) in [6.45, 7) is 0.186. The molecule has 2 N–H and O–H groups in total. The van der Waals surface area contributed by atoms with Crippen molar-refractivity contribution in [3.63, 3.8) is 0 Å². The lowest BCUT2D eigenvalue weighted by Gasteiger charge is -2.18. The number of anilines is 1. The van der Waals surface area contributed by atoms with E-state index in [0.29, 0.717) is 0 Å². The molecule has 0 spiro atoms. The summed E-state index contributed by atoms with van der Waals surface area (Å²) in [5, 5.41) is 11.4. The van der Waals surface area contributed by atoms with Crippen molar-refractivity contribution in [2.24, 2.45) is 0 Å². The molecule has 0 saturated carbocycles. The Morgan fingerprint density at radius 1 is 1.37 bits per heavy atom. The van der Waals surface area contributed by atoms with Crippen molar-refractivity contribution >= 4 is 29.4 Å². The number of nitrogens with zero attached hydrogens (tertiary/aromatic N) is 1. The number of hydrogen-bond donors (Lipinski definition) is 2. The van der Waals surface area contributed by atoms with Gasteiger partial charge in [0.05, 0.1) is 6.42 Å². The first-order valence-electron chi connectivity index (χ1n) is 5.85. The number of carboxylic acid groups (broad SMARTS) is 1. The van der Waals surface area contributed by atoms with Gasteiger partial charge in [-0.1, -0.05) is 18.2 Å². The van der Waals surface area contributed by atoms with Crippen LogP contribution in [-0.2, 0) is 10.5 Å². The molecule has 0 bridgehead atoms. The highest BCUT2D eigenvalue weighted by Crippen LogP contribution is 2.19. The Bertz CT molecular complexity index is 451. The van der Waals surface area contributed by atoms with Crippen LogP contribution in [0.1, 0.15) is 12.0 Å². The quantitative estimate of drug-likeness (QED) is 0.841. The summed E-state index contributed by atoms with van der Waals surface area (Å²) in [7, 11) is 1.58. The molecule has 0 atom stereocenters. The van der Waals surface area contributed by atoms with Crippen molar-refractivity contribution in [2.45, 2.75) is 12.2 Å². The van der Waals surface area contributed by atoms with Gasteiger partial charge in [0.15, 0.2) is 0 Å². The minimum Gasteiger partial charge on any atom is -0.481 e. The molecule has 0 heterocycles. The van der Waals surface area contributed by atoms with Crippen LogP contribution in [-0.4, -0.2) is 41.9 Å². The molecule has 19 heavy (non-hydrogen) atoms. The first-order valence-corrected chi connectivity index (χ1v) is 7.24. The van der Waals surface area contributed by atoms with Crippen LogP contribution < -0.4 is 5.32 Å². The number of aliphatic carboxylic acids is 1. The van der Waals surface area contributed by atoms with E-state index < -0.39 is 5.97 Å². The van der Waals surface area contributed by atoms with Crippen molar-refractivity contribution in [3.8, 4) is 0 Å². The van der Waals surface area contributed by atoms with Crippen LogP contribution in [0.25, 0.3) is 0 Å². The van der Waals surface area contributed by atoms with Gasteiger partial charge in [0, 0.05) is 25.0 Å². The molecule has 104 valence electrons. The van der Waals surface area contributed by atoms with E-state index in [-0.39, 0.29) is 19.0 Å². The summed E-state index contributed by atoms with van der Waals surface area (Å²) in [5.41, 5.74) is 1.82. The van der Waals surface area contributed by atoms with Crippen molar-refractivity contribution in [3.05, 3.63) is 29.8 Å². The molecular formula is C13H18N2O3S. The Balaban J connectivity index is 2.63. The van der Waals surface area contributed by atoms with E-state index in [1.165, 1.54) is 4.90 Å². The molecule has 0 aromatic heterocycles. The van der Waals surface area contributed by atoms with Crippen molar-refractivity contribution in [2.75, 3.05) is 25.2 Å². The van der Waals surface area contributed by atoms with Crippen LogP contribution in [0, 0.1) is 0 Å². The van der Waals surface area contributed by atoms with Crippen molar-refractivity contribution in [1.29, 1.82) is 0 Å². The maximum Gasteiger partial charge on any atom is 0.321 e. The minimum atomic E-state index is -0.914. The Hall–Kier alpha value is -1.69. The highest BCUT2D eigenvalue weighted by Gasteiger charge is 2.11. The van der Waals surface area contributed by atoms with Gasteiger partial charge in [0.1, 0.15) is 0 Å². The highest BCUT2D eigenvalue weighted by atomic mass is 32.2. The average Bonchev–Trinajstić information content (AvgIpc) is 2.38. The van der Waals surface area contributed by atoms with Crippen molar-refractivity contribution in [1.82, 2.24) is 4.90 Å². The van der Waals surface area contributed by atoms with Gasteiger partial charge in [-0.2, -0.15) is 11.8 Å². The maximum absolute atomic E-state index is 11.9. The Labute approximate surface area is 117 Å². The number of amides is 2. The van der Waals surface area contributed by atoms with E-state index in [0.717, 1.165) is 17.0 Å². The number of rotatable bonds is 6. The molecule has 5 nitrogen and oxygen atoms in total. The lowest BCUT2D eigenvalue weighted by atomic mass is 10.2. The maximum atomic E-state index is 11.9. The molecule has 0 radical (unpaired) electrons. The lowest BCUT2D eigenvalue weighted by molar-refractivity contribution is -0.137. The largest absolute Gasteiger partial charge is 0.481 e. The standard InChI is InChI=1S/C13H18N2O3S/c1-15(8-7-12(16)17)13(18)14-11-6-4-3-5-10(11)9-19-2/h3-6H,7-9H2,1-2H3,(H,14,18)(H,16,17). The Morgan fingerprint density at radius 2 is 2.05 bits per heavy atom. The zero-order valence-electron chi connectivity index (χ0n) is 11.0. The molecule has 6 heteroatoms. The van der Waals surface area contributed by atoms with Crippen LogP contribution in [0.2, 0.25) is 0 Å². The third-order valence-electron chi connectivity index (χ3n) is 2.57. The zero-order valence-corrected chi connectivity index (χ0v) is 11.9. The second kappa shape index (κ2) is 7.68. The van der Waals surface area contributed by atoms with Crippen LogP contribution >= 0.6 is 11.8 Å². The second-order valence-corrected chi connectivity index (χ2v) is 4.95. The molecule has 0 aliphatic carbocycles. The number of nitrogens with one attached hydrogen (secondary N) is 1. The number of hydrogen-bond acceptors (Lipinski definition) is 3. The number of thioether (sulfide) groups is 1. The fourth-order valence-electron chi connectivity index (χ4n) is 1.50. The fourth-order valence-corrected chi connectivity index (χ4v) is 2.06. The van der Waals surface area contributed by atoms with E-state index in [2.05, 4.69) is 5.32 Å². The van der Waals surface area contributed by atoms with Gasteiger partial charge in [0.25, 0.3) is 0 Å². The smallest absolute Gasteiger partial charge is 0.321 e. The first kappa shape index (κ1) is 15.4. The summed E-state index contributed by atoms with van der Waals surface area (Å²) in [4.78, 5) is 23.7. The molecule has 0 aliphatic heterocycles. The van der Waals surface area contributed by atoms with Crippen molar-refractivity contribution < 1.29 is 14.7 Å². The number of carboxylic acids is 1. The second-order valence-electron chi connectivity index (χ2n) is 4.09. The molecule has 1 rings (SSSR count). The van der Waals surface area contributed by atoms with Crippen LogP contribution in [0.15, 0.2) is 24.3 Å². The van der Waals surface area contributed by atoms with Gasteiger partial charge in [0.2, 0.25) is 0 Å². The topological polar surface area (TPSA) is 69.6 Å². The summed E-state index contributed by atoms with van der Waals surface area (Å²) >= 11 is 1.68. The number of urea groups is 1. The first-order chi connectivity index (χ1) is 9.04. The highest BCUT2D eigenvalue weighted by molar-refractivity contribution is 7.97. The predicted octanol–water partition coefficient (Wildman–Crippen LogP) is 2.49. The molecular weight excluding hydrogens is 264 g/mol. The number of carbonyl (C=O) groups excluding carboxylic acids is 1. The summed E-state index contributed by atoms with van der Waals surface area (Å²) in [5.74, 6) is -0.0996. The monoisotopic (exact) mass is 282 g/mol. The molecule has 0 unspecified atom stereocenters. The fraction of sp³-hybridized carbons (Fsp3) is 0.385. The molecule has 1 aromatic carbocycles. The van der Waals surface area contributed by atoms with E-state index >= 15 is 0 Å². The van der Waals surface area contributed by atoms with Gasteiger partial charge in [-0.05, 0) is 17.9 Å². The average molecular weight is 282 g/mol. The molecule has 0 saturated heterocycles. The summed E-state index contributed by atoms with van der Waals surface area (Å²) < 4.78 is 0. The summed E-state index contributed by atoms with van der Waals surface area (Å²) in [6, 6.07) is 7.29. The number of benzene rings is 1. The van der Waals surface area contributed by atoms with E-state index in [9.17, 15) is 9.59 Å². The van der Waals surface area contributed by atoms with E-state index in [4.69, 9.17) is 5.11 Å². The normalized spacial score (nSPS) is 10.0. The van der Waals surface area contributed by atoms with Crippen LogP contribution in [0.3, 0.4) is 0 Å². The van der Waals surface area contributed by atoms with Gasteiger partial charge in [-0.25, -0.2) is 4.79 Å². The van der Waals surface area contributed by atoms with E-state index in [1.54, 1.807) is 18.8 Å². The Morgan fingerprint density at radius 3 is 2.68 bits per heavy atom. The number of carbonyl (C=O) groups is 2. The van der Waals surface area contributed by atoms with Gasteiger partial charge < -0.3 is 15.3 Å². The molecule has 0 fully saturated rings. The van der Waals surface area contributed by atoms with Gasteiger partial charge in [-0.3, -0.25) is 4.79 Å². The van der Waals surface area contributed by atoms with Gasteiger partial charge in [-0.15, -0.1) is 0 Å². The molecule has 1 aromatic rings. The third kappa shape index (κ3) is 5.21. The number of para-hydroxylation sites is 1. The minimum absolute atomic E-state index is 0.0591. The zero-order chi connectivity index (χ0) is 14.3. The SMILES string of the molecule is CSCc1ccccc1NC(=O)N(C)CCC(=O)O. The van der Waals surface area contributed by atoms with Crippen LogP contribution in [0.4, 0.5) is 10.5 Å². The van der Waals surface area contributed by atoms with Gasteiger partial charge >= 0.3 is 12.0 Å². The molecule has 2 amide bonds. The predicted molar refractivity (Wildman–Crippen MR) is 77.6 cm³/mol. The Kier molecular flexibility index (Phi) is 6.21. The lowest BCUT2D eigenvalue weighted by Crippen LogP contribution is -2.33. The summed E-state index contributed by atoms with van der Waals surface area (Å²) in [6.07, 6.45) is 1.94. The molecule has 0 aliphatic rings.